The number of hydrogen-bond donors (Lipinski definition) is 1. The fraction of sp³-hybridized carbons (Fsp3) is 0.500. The summed E-state index contributed by atoms with van der Waals surface area (Å²) in [5.41, 5.74) is 2.16. The SMILES string of the molecule is CCc1cc2c(cc3n2C[C@@](C)(C(=O)NC2CCCCC2)N(CCCc2ccccc2)C3=O)s1. The Bertz CT molecular complexity index is 1180. The van der Waals surface area contributed by atoms with Crippen LogP contribution < -0.4 is 5.32 Å². The molecule has 6 heteroatoms. The molecule has 5 nitrogen and oxygen atoms in total. The molecule has 0 saturated heterocycles. The molecule has 1 saturated carbocycles. The lowest BCUT2D eigenvalue weighted by molar-refractivity contribution is -0.133. The van der Waals surface area contributed by atoms with Gasteiger partial charge < -0.3 is 14.8 Å². The topological polar surface area (TPSA) is 54.3 Å². The molecule has 0 radical (unpaired) electrons. The highest BCUT2D eigenvalue weighted by molar-refractivity contribution is 7.19. The van der Waals surface area contributed by atoms with E-state index in [0.717, 1.165) is 42.3 Å². The van der Waals surface area contributed by atoms with Crippen LogP contribution in [0.25, 0.3) is 10.2 Å². The number of carbonyl (C=O) groups is 2. The first-order chi connectivity index (χ1) is 16.5. The highest BCUT2D eigenvalue weighted by Gasteiger charge is 2.48. The van der Waals surface area contributed by atoms with E-state index in [-0.39, 0.29) is 17.9 Å². The van der Waals surface area contributed by atoms with E-state index in [9.17, 15) is 9.59 Å². The van der Waals surface area contributed by atoms with Gasteiger partial charge in [-0.1, -0.05) is 56.5 Å². The van der Waals surface area contributed by atoms with Gasteiger partial charge in [0, 0.05) is 17.5 Å². The monoisotopic (exact) mass is 477 g/mol. The Labute approximate surface area is 206 Å². The van der Waals surface area contributed by atoms with Gasteiger partial charge in [0.05, 0.1) is 16.8 Å². The third-order valence-electron chi connectivity index (χ3n) is 7.63. The van der Waals surface area contributed by atoms with Gasteiger partial charge in [0.15, 0.2) is 0 Å². The van der Waals surface area contributed by atoms with E-state index < -0.39 is 5.54 Å². The van der Waals surface area contributed by atoms with Crippen molar-refractivity contribution in [3.63, 3.8) is 0 Å². The zero-order valence-corrected chi connectivity index (χ0v) is 21.1. The van der Waals surface area contributed by atoms with Crippen molar-refractivity contribution >= 4 is 33.4 Å². The molecule has 0 bridgehead atoms. The summed E-state index contributed by atoms with van der Waals surface area (Å²) in [5.74, 6) is -0.0343. The molecule has 2 aliphatic rings. The van der Waals surface area contributed by atoms with Crippen LogP contribution in [-0.2, 0) is 24.2 Å². The number of rotatable bonds is 7. The lowest BCUT2D eigenvalue weighted by Crippen LogP contribution is -2.65. The van der Waals surface area contributed by atoms with Crippen molar-refractivity contribution in [2.75, 3.05) is 6.54 Å². The minimum absolute atomic E-state index is 0.00842. The highest BCUT2D eigenvalue weighted by Crippen LogP contribution is 2.36. The molecule has 2 amide bonds. The Morgan fingerprint density at radius 2 is 1.91 bits per heavy atom. The van der Waals surface area contributed by atoms with Crippen molar-refractivity contribution in [2.45, 2.75) is 83.3 Å². The molecule has 1 fully saturated rings. The largest absolute Gasteiger partial charge is 0.351 e. The van der Waals surface area contributed by atoms with Crippen LogP contribution in [0.3, 0.4) is 0 Å². The van der Waals surface area contributed by atoms with E-state index in [1.807, 2.05) is 36.1 Å². The second-order valence-electron chi connectivity index (χ2n) is 10.1. The van der Waals surface area contributed by atoms with Crippen LogP contribution in [0.1, 0.15) is 73.3 Å². The van der Waals surface area contributed by atoms with Gasteiger partial charge >= 0.3 is 0 Å². The average Bonchev–Trinajstić information content (AvgIpc) is 3.41. The first-order valence-corrected chi connectivity index (χ1v) is 13.6. The van der Waals surface area contributed by atoms with Gasteiger partial charge in [-0.2, -0.15) is 0 Å². The Balaban J connectivity index is 1.44. The molecular formula is C28H35N3O2S. The first kappa shape index (κ1) is 23.2. The predicted molar refractivity (Wildman–Crippen MR) is 138 cm³/mol. The Hall–Kier alpha value is -2.60. The molecule has 3 aromatic rings. The predicted octanol–water partition coefficient (Wildman–Crippen LogP) is 5.56. The molecule has 1 aromatic carbocycles. The van der Waals surface area contributed by atoms with Crippen LogP contribution in [0.4, 0.5) is 0 Å². The van der Waals surface area contributed by atoms with E-state index in [1.54, 1.807) is 11.3 Å². The molecule has 1 aliphatic heterocycles. The van der Waals surface area contributed by atoms with Crippen molar-refractivity contribution in [1.82, 2.24) is 14.8 Å². The third kappa shape index (κ3) is 4.28. The summed E-state index contributed by atoms with van der Waals surface area (Å²) in [6.07, 6.45) is 8.35. The van der Waals surface area contributed by atoms with Crippen LogP contribution in [0, 0.1) is 0 Å². The van der Waals surface area contributed by atoms with Gasteiger partial charge in [-0.25, -0.2) is 0 Å². The molecule has 1 aliphatic carbocycles. The number of benzene rings is 1. The Morgan fingerprint density at radius 1 is 1.15 bits per heavy atom. The van der Waals surface area contributed by atoms with Gasteiger partial charge in [0.25, 0.3) is 5.91 Å². The molecule has 1 atom stereocenters. The normalized spacial score (nSPS) is 21.1. The van der Waals surface area contributed by atoms with Crippen molar-refractivity contribution in [1.29, 1.82) is 0 Å². The van der Waals surface area contributed by atoms with Crippen LogP contribution in [-0.4, -0.2) is 39.4 Å². The molecule has 0 unspecified atom stereocenters. The molecule has 180 valence electrons. The number of aryl methyl sites for hydroxylation is 2. The lowest BCUT2D eigenvalue weighted by Gasteiger charge is -2.45. The fourth-order valence-corrected chi connectivity index (χ4v) is 6.63. The molecule has 3 heterocycles. The number of thiophene rings is 1. The molecule has 5 rings (SSSR count). The Kier molecular flexibility index (Phi) is 6.52. The fourth-order valence-electron chi connectivity index (χ4n) is 5.59. The molecule has 0 spiro atoms. The lowest BCUT2D eigenvalue weighted by atomic mass is 9.91. The van der Waals surface area contributed by atoms with Gasteiger partial charge in [-0.05, 0) is 56.7 Å². The number of nitrogens with zero attached hydrogens (tertiary/aromatic N) is 2. The zero-order valence-electron chi connectivity index (χ0n) is 20.3. The van der Waals surface area contributed by atoms with Crippen molar-refractivity contribution in [2.24, 2.45) is 0 Å². The highest BCUT2D eigenvalue weighted by atomic mass is 32.1. The van der Waals surface area contributed by atoms with Crippen molar-refractivity contribution in [3.8, 4) is 0 Å². The second-order valence-corrected chi connectivity index (χ2v) is 11.2. The van der Waals surface area contributed by atoms with Gasteiger partial charge in [-0.3, -0.25) is 9.59 Å². The maximum Gasteiger partial charge on any atom is 0.271 e. The second kappa shape index (κ2) is 9.57. The molecule has 1 N–H and O–H groups in total. The van der Waals surface area contributed by atoms with Gasteiger partial charge in [0.2, 0.25) is 5.91 Å². The van der Waals surface area contributed by atoms with Crippen molar-refractivity contribution in [3.05, 3.63) is 58.6 Å². The van der Waals surface area contributed by atoms with Gasteiger partial charge in [-0.15, -0.1) is 11.3 Å². The number of nitrogens with one attached hydrogen (secondary N) is 1. The van der Waals surface area contributed by atoms with E-state index in [0.29, 0.717) is 18.8 Å². The number of amides is 2. The number of hydrogen-bond acceptors (Lipinski definition) is 3. The Morgan fingerprint density at radius 3 is 2.65 bits per heavy atom. The summed E-state index contributed by atoms with van der Waals surface area (Å²) in [7, 11) is 0. The molecule has 2 aromatic heterocycles. The van der Waals surface area contributed by atoms with Crippen LogP contribution >= 0.6 is 11.3 Å². The smallest absolute Gasteiger partial charge is 0.271 e. The summed E-state index contributed by atoms with van der Waals surface area (Å²) in [6, 6.07) is 14.8. The molecule has 34 heavy (non-hydrogen) atoms. The maximum atomic E-state index is 13.8. The number of fused-ring (bicyclic) bond motifs is 3. The zero-order chi connectivity index (χ0) is 23.7. The van der Waals surface area contributed by atoms with E-state index >= 15 is 0 Å². The number of aromatic nitrogens is 1. The van der Waals surface area contributed by atoms with Crippen LogP contribution in [0.15, 0.2) is 42.5 Å². The average molecular weight is 478 g/mol. The number of carbonyl (C=O) groups excluding carboxylic acids is 2. The van der Waals surface area contributed by atoms with E-state index in [1.165, 1.54) is 29.7 Å². The van der Waals surface area contributed by atoms with E-state index in [4.69, 9.17) is 0 Å². The minimum Gasteiger partial charge on any atom is -0.351 e. The summed E-state index contributed by atoms with van der Waals surface area (Å²) >= 11 is 1.75. The van der Waals surface area contributed by atoms with Crippen LogP contribution in [0.2, 0.25) is 0 Å². The summed E-state index contributed by atoms with van der Waals surface area (Å²) in [5, 5.41) is 3.33. The summed E-state index contributed by atoms with van der Waals surface area (Å²) in [6.45, 7) is 5.19. The first-order valence-electron chi connectivity index (χ1n) is 12.8. The van der Waals surface area contributed by atoms with Gasteiger partial charge in [0.1, 0.15) is 11.2 Å². The quantitative estimate of drug-likeness (QED) is 0.484. The minimum atomic E-state index is -0.904. The summed E-state index contributed by atoms with van der Waals surface area (Å²) < 4.78 is 3.24. The van der Waals surface area contributed by atoms with Crippen molar-refractivity contribution < 1.29 is 9.59 Å². The summed E-state index contributed by atoms with van der Waals surface area (Å²) in [4.78, 5) is 30.8. The molecular weight excluding hydrogens is 442 g/mol. The standard InChI is InChI=1S/C28H35N3O2S/c1-3-22-17-23-25(34-22)18-24-26(32)31(16-10-13-20-11-6-4-7-12-20)28(2,19-30(23)24)27(33)29-21-14-8-5-9-15-21/h4,6-7,11-12,17-18,21H,3,5,8-10,13-16,19H2,1-2H3,(H,29,33)/t28-/m0/s1. The van der Waals surface area contributed by atoms with E-state index in [2.05, 4.69) is 35.0 Å². The van der Waals surface area contributed by atoms with Crippen LogP contribution in [0.5, 0.6) is 0 Å². The third-order valence-corrected chi connectivity index (χ3v) is 8.85. The maximum absolute atomic E-state index is 13.8.